The Morgan fingerprint density at radius 3 is 2.88 bits per heavy atom. The Labute approximate surface area is 154 Å². The molecule has 6 heteroatoms. The number of hydrogen-bond donors (Lipinski definition) is 0. The molecule has 1 aliphatic heterocycles. The SMILES string of the molecule is Brc1ccc2nc(-c3cccc(OCCN4CCOCC4)c3)oc2c1. The molecule has 1 saturated heterocycles. The third-order valence-electron chi connectivity index (χ3n) is 4.21. The highest BCUT2D eigenvalue weighted by Crippen LogP contribution is 2.28. The quantitative estimate of drug-likeness (QED) is 0.645. The van der Waals surface area contributed by atoms with Crippen LogP contribution < -0.4 is 4.74 Å². The van der Waals surface area contributed by atoms with Crippen molar-refractivity contribution in [3.63, 3.8) is 0 Å². The van der Waals surface area contributed by atoms with Gasteiger partial charge in [0.25, 0.3) is 0 Å². The Morgan fingerprint density at radius 2 is 2.00 bits per heavy atom. The number of hydrogen-bond acceptors (Lipinski definition) is 5. The van der Waals surface area contributed by atoms with E-state index in [0.717, 1.165) is 59.7 Å². The molecule has 130 valence electrons. The maximum Gasteiger partial charge on any atom is 0.227 e. The number of halogens is 1. The Bertz CT molecular complexity index is 859. The molecule has 1 aromatic heterocycles. The molecule has 0 bridgehead atoms. The van der Waals surface area contributed by atoms with Crippen molar-refractivity contribution in [2.45, 2.75) is 0 Å². The third kappa shape index (κ3) is 4.03. The van der Waals surface area contributed by atoms with E-state index in [4.69, 9.17) is 13.9 Å². The molecule has 2 aromatic carbocycles. The van der Waals surface area contributed by atoms with Crippen molar-refractivity contribution >= 4 is 27.0 Å². The minimum Gasteiger partial charge on any atom is -0.492 e. The molecule has 0 aliphatic carbocycles. The number of benzene rings is 2. The van der Waals surface area contributed by atoms with Gasteiger partial charge in [0.15, 0.2) is 5.58 Å². The van der Waals surface area contributed by atoms with Crippen LogP contribution in [-0.2, 0) is 4.74 Å². The zero-order chi connectivity index (χ0) is 17.1. The number of rotatable bonds is 5. The highest BCUT2D eigenvalue weighted by molar-refractivity contribution is 9.10. The summed E-state index contributed by atoms with van der Waals surface area (Å²) in [6.07, 6.45) is 0. The fourth-order valence-corrected chi connectivity index (χ4v) is 3.20. The van der Waals surface area contributed by atoms with Crippen LogP contribution in [0.15, 0.2) is 51.4 Å². The lowest BCUT2D eigenvalue weighted by Crippen LogP contribution is -2.38. The molecule has 0 N–H and O–H groups in total. The smallest absolute Gasteiger partial charge is 0.227 e. The largest absolute Gasteiger partial charge is 0.492 e. The van der Waals surface area contributed by atoms with Crippen molar-refractivity contribution in [3.05, 3.63) is 46.9 Å². The average Bonchev–Trinajstić information content (AvgIpc) is 3.06. The summed E-state index contributed by atoms with van der Waals surface area (Å²) in [6.45, 7) is 5.13. The van der Waals surface area contributed by atoms with Crippen LogP contribution in [0, 0.1) is 0 Å². The predicted octanol–water partition coefficient (Wildman–Crippen LogP) is 3.97. The van der Waals surface area contributed by atoms with Crippen molar-refractivity contribution in [1.82, 2.24) is 9.88 Å². The average molecular weight is 403 g/mol. The fourth-order valence-electron chi connectivity index (χ4n) is 2.86. The molecule has 2 heterocycles. The second-order valence-electron chi connectivity index (χ2n) is 5.96. The minimum atomic E-state index is 0.603. The Balaban J connectivity index is 1.44. The second kappa shape index (κ2) is 7.56. The van der Waals surface area contributed by atoms with Crippen LogP contribution in [-0.4, -0.2) is 49.3 Å². The molecular weight excluding hydrogens is 384 g/mol. The lowest BCUT2D eigenvalue weighted by Gasteiger charge is -2.26. The van der Waals surface area contributed by atoms with Crippen LogP contribution in [0.5, 0.6) is 5.75 Å². The standard InChI is InChI=1S/C19H19BrN2O3/c20-15-4-5-17-18(13-15)25-19(21-17)14-2-1-3-16(12-14)24-11-8-22-6-9-23-10-7-22/h1-5,12-13H,6-11H2. The first-order valence-electron chi connectivity index (χ1n) is 8.37. The summed E-state index contributed by atoms with van der Waals surface area (Å²) in [6, 6.07) is 13.7. The van der Waals surface area contributed by atoms with Gasteiger partial charge in [0.2, 0.25) is 5.89 Å². The molecule has 1 aliphatic rings. The van der Waals surface area contributed by atoms with E-state index in [1.165, 1.54) is 0 Å². The Kier molecular flexibility index (Phi) is 5.01. The summed E-state index contributed by atoms with van der Waals surface area (Å²) in [7, 11) is 0. The molecule has 4 rings (SSSR count). The van der Waals surface area contributed by atoms with Gasteiger partial charge in [0.1, 0.15) is 17.9 Å². The maximum atomic E-state index is 5.90. The number of aromatic nitrogens is 1. The molecule has 0 saturated carbocycles. The van der Waals surface area contributed by atoms with Gasteiger partial charge < -0.3 is 13.9 Å². The predicted molar refractivity (Wildman–Crippen MR) is 99.9 cm³/mol. The number of fused-ring (bicyclic) bond motifs is 1. The van der Waals surface area contributed by atoms with E-state index >= 15 is 0 Å². The highest BCUT2D eigenvalue weighted by Gasteiger charge is 2.11. The van der Waals surface area contributed by atoms with E-state index in [1.807, 2.05) is 42.5 Å². The monoisotopic (exact) mass is 402 g/mol. The first-order chi connectivity index (χ1) is 12.3. The molecule has 0 atom stereocenters. The first-order valence-corrected chi connectivity index (χ1v) is 9.17. The molecule has 0 spiro atoms. The molecule has 0 amide bonds. The Morgan fingerprint density at radius 1 is 1.12 bits per heavy atom. The van der Waals surface area contributed by atoms with Crippen LogP contribution in [0.4, 0.5) is 0 Å². The van der Waals surface area contributed by atoms with Crippen molar-refractivity contribution in [2.24, 2.45) is 0 Å². The molecule has 1 fully saturated rings. The van der Waals surface area contributed by atoms with Crippen LogP contribution in [0.3, 0.4) is 0 Å². The van der Waals surface area contributed by atoms with E-state index in [9.17, 15) is 0 Å². The molecule has 3 aromatic rings. The van der Waals surface area contributed by atoms with Crippen molar-refractivity contribution in [2.75, 3.05) is 39.5 Å². The van der Waals surface area contributed by atoms with Crippen molar-refractivity contribution < 1.29 is 13.9 Å². The van der Waals surface area contributed by atoms with Gasteiger partial charge in [-0.1, -0.05) is 22.0 Å². The lowest BCUT2D eigenvalue weighted by molar-refractivity contribution is 0.0322. The van der Waals surface area contributed by atoms with E-state index in [1.54, 1.807) is 0 Å². The summed E-state index contributed by atoms with van der Waals surface area (Å²) >= 11 is 3.45. The van der Waals surface area contributed by atoms with Crippen LogP contribution in [0.1, 0.15) is 0 Å². The number of nitrogens with zero attached hydrogens (tertiary/aromatic N) is 2. The van der Waals surface area contributed by atoms with Gasteiger partial charge in [-0.2, -0.15) is 0 Å². The number of morpholine rings is 1. The number of ether oxygens (including phenoxy) is 2. The molecular formula is C19H19BrN2O3. The van der Waals surface area contributed by atoms with Crippen LogP contribution >= 0.6 is 15.9 Å². The van der Waals surface area contributed by atoms with Gasteiger partial charge in [-0.3, -0.25) is 4.90 Å². The van der Waals surface area contributed by atoms with Gasteiger partial charge in [0.05, 0.1) is 13.2 Å². The van der Waals surface area contributed by atoms with Gasteiger partial charge in [-0.05, 0) is 36.4 Å². The normalized spacial score (nSPS) is 15.6. The first kappa shape index (κ1) is 16.6. The maximum absolute atomic E-state index is 5.90. The summed E-state index contributed by atoms with van der Waals surface area (Å²) < 4.78 is 18.1. The van der Waals surface area contributed by atoms with Crippen LogP contribution in [0.2, 0.25) is 0 Å². The van der Waals surface area contributed by atoms with E-state index in [2.05, 4.69) is 25.8 Å². The minimum absolute atomic E-state index is 0.603. The van der Waals surface area contributed by atoms with Crippen molar-refractivity contribution in [1.29, 1.82) is 0 Å². The fraction of sp³-hybridized carbons (Fsp3) is 0.316. The Hall–Kier alpha value is -1.89. The summed E-state index contributed by atoms with van der Waals surface area (Å²) in [5, 5.41) is 0. The number of oxazole rings is 1. The molecule has 0 unspecified atom stereocenters. The van der Waals surface area contributed by atoms with Gasteiger partial charge in [-0.25, -0.2) is 4.98 Å². The van der Waals surface area contributed by atoms with Gasteiger partial charge >= 0.3 is 0 Å². The topological polar surface area (TPSA) is 47.7 Å². The zero-order valence-corrected chi connectivity index (χ0v) is 15.4. The van der Waals surface area contributed by atoms with Crippen molar-refractivity contribution in [3.8, 4) is 17.2 Å². The van der Waals surface area contributed by atoms with Gasteiger partial charge in [0, 0.05) is 29.7 Å². The highest BCUT2D eigenvalue weighted by atomic mass is 79.9. The summed E-state index contributed by atoms with van der Waals surface area (Å²) in [5.41, 5.74) is 2.52. The van der Waals surface area contributed by atoms with Crippen LogP contribution in [0.25, 0.3) is 22.6 Å². The third-order valence-corrected chi connectivity index (χ3v) is 4.70. The summed E-state index contributed by atoms with van der Waals surface area (Å²) in [4.78, 5) is 6.91. The van der Waals surface area contributed by atoms with E-state index in [0.29, 0.717) is 12.5 Å². The zero-order valence-electron chi connectivity index (χ0n) is 13.8. The van der Waals surface area contributed by atoms with Gasteiger partial charge in [-0.15, -0.1) is 0 Å². The van der Waals surface area contributed by atoms with E-state index in [-0.39, 0.29) is 0 Å². The summed E-state index contributed by atoms with van der Waals surface area (Å²) in [5.74, 6) is 1.43. The second-order valence-corrected chi connectivity index (χ2v) is 6.88. The molecule has 0 radical (unpaired) electrons. The molecule has 25 heavy (non-hydrogen) atoms. The lowest BCUT2D eigenvalue weighted by atomic mass is 10.2. The molecule has 5 nitrogen and oxygen atoms in total. The van der Waals surface area contributed by atoms with E-state index < -0.39 is 0 Å².